The summed E-state index contributed by atoms with van der Waals surface area (Å²) in [5, 5.41) is 0. The molecule has 41 heavy (non-hydrogen) atoms. The summed E-state index contributed by atoms with van der Waals surface area (Å²) in [4.78, 5) is 12.3. The molecule has 2 rings (SSSR count). The second-order valence-corrected chi connectivity index (χ2v) is 13.0. The zero-order valence-corrected chi connectivity index (χ0v) is 28.9. The fourth-order valence-electron chi connectivity index (χ4n) is 6.60. The van der Waals surface area contributed by atoms with E-state index in [0.717, 1.165) is 44.5 Å². The predicted molar refractivity (Wildman–Crippen MR) is 180 cm³/mol. The van der Waals surface area contributed by atoms with Crippen molar-refractivity contribution in [3.63, 3.8) is 0 Å². The number of hydrogen-bond acceptors (Lipinski definition) is 3. The molecule has 2 heterocycles. The lowest BCUT2D eigenvalue weighted by atomic mass is 9.98. The van der Waals surface area contributed by atoms with Gasteiger partial charge in [0.1, 0.15) is 0 Å². The van der Waals surface area contributed by atoms with Crippen LogP contribution in [0.4, 0.5) is 0 Å². The third-order valence-electron chi connectivity index (χ3n) is 9.11. The number of allylic oxidation sites excluding steroid dienone is 2. The van der Waals surface area contributed by atoms with E-state index < -0.39 is 5.66 Å². The van der Waals surface area contributed by atoms with E-state index in [4.69, 9.17) is 16.8 Å². The molecule has 0 aliphatic carbocycles. The minimum absolute atomic E-state index is 0.407. The van der Waals surface area contributed by atoms with Gasteiger partial charge in [-0.3, -0.25) is 4.42 Å². The Hall–Kier alpha value is -1.16. The van der Waals surface area contributed by atoms with E-state index in [2.05, 4.69) is 55.8 Å². The summed E-state index contributed by atoms with van der Waals surface area (Å²) in [6.45, 7) is 14.9. The maximum atomic E-state index is 7.70. The number of halogens is 1. The maximum Gasteiger partial charge on any atom is 0.186 e. The van der Waals surface area contributed by atoms with Crippen LogP contribution in [0.3, 0.4) is 0 Å². The Morgan fingerprint density at radius 1 is 0.585 bits per heavy atom. The largest absolute Gasteiger partial charge is 0.343 e. The number of imidazole rings is 1. The highest BCUT2D eigenvalue weighted by molar-refractivity contribution is 6.15. The Morgan fingerprint density at radius 3 is 1.66 bits per heavy atom. The second-order valence-electron chi connectivity index (χ2n) is 12.6. The summed E-state index contributed by atoms with van der Waals surface area (Å²) >= 11 is 7.70. The SMILES string of the molecule is CCCCCC1=C(CCCCC)N(CCCCC)C(CCCCC)(c2nc(CCCCC)c(CCCCC)[nH]2)N1Cl. The van der Waals surface area contributed by atoms with Crippen LogP contribution in [0.5, 0.6) is 0 Å². The molecule has 0 saturated heterocycles. The highest BCUT2D eigenvalue weighted by Gasteiger charge is 2.53. The molecule has 1 aliphatic heterocycles. The van der Waals surface area contributed by atoms with Crippen molar-refractivity contribution in [1.82, 2.24) is 19.3 Å². The fourth-order valence-corrected chi connectivity index (χ4v) is 7.04. The van der Waals surface area contributed by atoms with Crippen LogP contribution in [0.1, 0.15) is 194 Å². The molecule has 1 aliphatic rings. The Morgan fingerprint density at radius 2 is 1.07 bits per heavy atom. The summed E-state index contributed by atoms with van der Waals surface area (Å²) in [6, 6.07) is 0. The van der Waals surface area contributed by atoms with Gasteiger partial charge in [-0.05, 0) is 70.6 Å². The highest BCUT2D eigenvalue weighted by atomic mass is 35.5. The van der Waals surface area contributed by atoms with E-state index in [-0.39, 0.29) is 0 Å². The van der Waals surface area contributed by atoms with Crippen LogP contribution in [0.25, 0.3) is 0 Å². The van der Waals surface area contributed by atoms with Crippen molar-refractivity contribution in [2.75, 3.05) is 6.54 Å². The molecule has 0 spiro atoms. The van der Waals surface area contributed by atoms with Crippen LogP contribution in [-0.4, -0.2) is 25.8 Å². The third-order valence-corrected chi connectivity index (χ3v) is 9.59. The van der Waals surface area contributed by atoms with Crippen molar-refractivity contribution >= 4 is 11.8 Å². The molecule has 1 atom stereocenters. The van der Waals surface area contributed by atoms with Gasteiger partial charge in [-0.15, -0.1) is 0 Å². The number of aryl methyl sites for hydroxylation is 2. The number of nitrogens with one attached hydrogen (secondary N) is 1. The van der Waals surface area contributed by atoms with Gasteiger partial charge in [-0.1, -0.05) is 119 Å². The zero-order valence-electron chi connectivity index (χ0n) is 28.2. The van der Waals surface area contributed by atoms with Gasteiger partial charge in [0.25, 0.3) is 0 Å². The Balaban J connectivity index is 2.65. The van der Waals surface area contributed by atoms with E-state index in [1.807, 2.05) is 0 Å². The topological polar surface area (TPSA) is 35.2 Å². The molecule has 0 bridgehead atoms. The van der Waals surface area contributed by atoms with Crippen molar-refractivity contribution < 1.29 is 0 Å². The van der Waals surface area contributed by atoms with Crippen molar-refractivity contribution in [3.8, 4) is 0 Å². The Bertz CT molecular complexity index is 819. The minimum atomic E-state index is -0.407. The molecular formula is C36H67ClN4. The van der Waals surface area contributed by atoms with Gasteiger partial charge >= 0.3 is 0 Å². The van der Waals surface area contributed by atoms with Crippen molar-refractivity contribution in [2.45, 2.75) is 195 Å². The van der Waals surface area contributed by atoms with E-state index in [9.17, 15) is 0 Å². The highest BCUT2D eigenvalue weighted by Crippen LogP contribution is 2.51. The molecule has 4 nitrogen and oxygen atoms in total. The van der Waals surface area contributed by atoms with E-state index >= 15 is 0 Å². The first-order valence-corrected chi connectivity index (χ1v) is 18.4. The molecule has 0 fully saturated rings. The van der Waals surface area contributed by atoms with Gasteiger partial charge in [0.2, 0.25) is 0 Å². The van der Waals surface area contributed by atoms with Gasteiger partial charge in [0, 0.05) is 29.7 Å². The second kappa shape index (κ2) is 20.7. The van der Waals surface area contributed by atoms with Crippen LogP contribution in [0.15, 0.2) is 11.4 Å². The number of nitrogens with zero attached hydrogens (tertiary/aromatic N) is 3. The summed E-state index contributed by atoms with van der Waals surface area (Å²) < 4.78 is 2.22. The van der Waals surface area contributed by atoms with Gasteiger partial charge in [-0.2, -0.15) is 0 Å². The Labute approximate surface area is 260 Å². The molecular weight excluding hydrogens is 524 g/mol. The fraction of sp³-hybridized carbons (Fsp3) is 0.861. The summed E-state index contributed by atoms with van der Waals surface area (Å²) in [6.07, 6.45) is 27.7. The molecule has 1 aromatic rings. The van der Waals surface area contributed by atoms with E-state index in [0.29, 0.717) is 0 Å². The number of aromatic nitrogens is 2. The first-order valence-electron chi connectivity index (χ1n) is 18.1. The van der Waals surface area contributed by atoms with Crippen molar-refractivity contribution in [2.24, 2.45) is 0 Å². The van der Waals surface area contributed by atoms with Gasteiger partial charge in [0.15, 0.2) is 11.5 Å². The number of rotatable bonds is 25. The molecule has 238 valence electrons. The predicted octanol–water partition coefficient (Wildman–Crippen LogP) is 11.9. The van der Waals surface area contributed by atoms with Gasteiger partial charge in [0.05, 0.1) is 11.4 Å². The molecule has 0 aromatic carbocycles. The molecule has 0 saturated carbocycles. The summed E-state index contributed by atoms with van der Waals surface area (Å²) in [5.41, 5.74) is 5.19. The Kier molecular flexibility index (Phi) is 18.2. The average Bonchev–Trinajstić information content (AvgIpc) is 3.47. The number of hydrogen-bond donors (Lipinski definition) is 1. The third kappa shape index (κ3) is 10.2. The van der Waals surface area contributed by atoms with Crippen molar-refractivity contribution in [1.29, 1.82) is 0 Å². The number of aromatic amines is 1. The van der Waals surface area contributed by atoms with E-state index in [1.165, 1.54) is 138 Å². The molecule has 5 heteroatoms. The quantitative estimate of drug-likeness (QED) is 0.0908. The normalized spacial score (nSPS) is 17.4. The molecule has 0 radical (unpaired) electrons. The summed E-state index contributed by atoms with van der Waals surface area (Å²) in [7, 11) is 0. The van der Waals surface area contributed by atoms with E-state index in [1.54, 1.807) is 0 Å². The monoisotopic (exact) mass is 591 g/mol. The zero-order chi connectivity index (χ0) is 29.9. The number of unbranched alkanes of at least 4 members (excludes halogenated alkanes) is 12. The molecule has 1 aromatic heterocycles. The van der Waals surface area contributed by atoms with Gasteiger partial charge in [-0.25, -0.2) is 4.98 Å². The average molecular weight is 591 g/mol. The van der Waals surface area contributed by atoms with Crippen LogP contribution < -0.4 is 0 Å². The molecule has 1 unspecified atom stereocenters. The van der Waals surface area contributed by atoms with Crippen LogP contribution in [-0.2, 0) is 18.5 Å². The number of H-pyrrole nitrogens is 1. The van der Waals surface area contributed by atoms with Crippen LogP contribution in [0, 0.1) is 0 Å². The first kappa shape index (κ1) is 36.0. The maximum absolute atomic E-state index is 7.70. The lowest BCUT2D eigenvalue weighted by Gasteiger charge is -2.43. The van der Waals surface area contributed by atoms with Crippen LogP contribution >= 0.6 is 11.8 Å². The smallest absolute Gasteiger partial charge is 0.186 e. The molecule has 1 N–H and O–H groups in total. The van der Waals surface area contributed by atoms with Crippen molar-refractivity contribution in [3.05, 3.63) is 28.6 Å². The molecule has 0 amide bonds. The van der Waals surface area contributed by atoms with Crippen LogP contribution in [0.2, 0.25) is 0 Å². The lowest BCUT2D eigenvalue weighted by molar-refractivity contribution is 0.0388. The first-order chi connectivity index (χ1) is 20.0. The summed E-state index contributed by atoms with van der Waals surface area (Å²) in [5.74, 6) is 1.12. The standard InChI is InChI=1S/C36H67ClN4/c1-7-13-19-25-31-32(26-20-14-8-2)39-35(38-31)36(29-23-17-11-5)40(30-24-18-12-6)33(27-21-15-9-3)34(41(36)37)28-22-16-10-4/h7-30H2,1-6H3,(H,38,39). The van der Waals surface area contributed by atoms with Gasteiger partial charge < -0.3 is 9.88 Å². The minimum Gasteiger partial charge on any atom is -0.343 e. The lowest BCUT2D eigenvalue weighted by Crippen LogP contribution is -2.50.